The summed E-state index contributed by atoms with van der Waals surface area (Å²) in [4.78, 5) is 14.0. The van der Waals surface area contributed by atoms with E-state index in [2.05, 4.69) is 4.74 Å². The summed E-state index contributed by atoms with van der Waals surface area (Å²) in [5.74, 6) is -10.3. The van der Waals surface area contributed by atoms with Gasteiger partial charge in [0.25, 0.3) is 10.1 Å². The van der Waals surface area contributed by atoms with Crippen LogP contribution in [-0.2, 0) is 19.6 Å². The zero-order chi connectivity index (χ0) is 31.8. The normalized spacial score (nSPS) is 21.5. The smallest absolute Gasteiger partial charge is 0.438 e. The Morgan fingerprint density at radius 3 is 1.59 bits per heavy atom. The number of fused-ring (bicyclic) bond motifs is 2. The molecule has 0 amide bonds. The molecule has 6 nitrogen and oxygen atoms in total. The molecule has 2 atom stereocenters. The van der Waals surface area contributed by atoms with Gasteiger partial charge >= 0.3 is 23.9 Å². The Balaban J connectivity index is 1.61. The predicted molar refractivity (Wildman–Crippen MR) is 146 cm³/mol. The summed E-state index contributed by atoms with van der Waals surface area (Å²) in [6, 6.07) is 23.0. The van der Waals surface area contributed by atoms with Gasteiger partial charge in [0.05, 0.1) is 5.92 Å². The third-order valence-corrected chi connectivity index (χ3v) is 9.31. The lowest BCUT2D eigenvalue weighted by Gasteiger charge is -2.50. The Hall–Kier alpha value is -4.10. The number of halogens is 6. The molecule has 2 unspecified atom stereocenters. The number of aromatic hydroxyl groups is 1. The zero-order valence-corrected chi connectivity index (χ0v) is 23.1. The number of benzene rings is 4. The standard InChI is InChI=1S/C31H22F6O6S/c32-30(33,34)29(31(35,36)37,15-44(40,41)42)43-28(39)27-25-20-11-5-3-9-18(20)24(19-10-4-6-12-21(19)25)26(27)22-13-16-7-1-2-8-17(16)14-23(22)38/h1-14,24-27,38H,15H2,(H,40,41,42). The lowest BCUT2D eigenvalue weighted by atomic mass is 9.52. The number of carbonyl (C=O) groups is 1. The Labute approximate surface area is 246 Å². The number of alkyl halides is 6. The van der Waals surface area contributed by atoms with Gasteiger partial charge in [-0.15, -0.1) is 0 Å². The second-order valence-corrected chi connectivity index (χ2v) is 12.4. The highest BCUT2D eigenvalue weighted by atomic mass is 32.2. The van der Waals surface area contributed by atoms with Gasteiger partial charge in [0.2, 0.25) is 0 Å². The van der Waals surface area contributed by atoms with Crippen molar-refractivity contribution < 1.29 is 54.0 Å². The van der Waals surface area contributed by atoms with E-state index in [0.29, 0.717) is 33.0 Å². The molecule has 0 fully saturated rings. The van der Waals surface area contributed by atoms with Crippen molar-refractivity contribution in [1.82, 2.24) is 0 Å². The average Bonchev–Trinajstić information content (AvgIpc) is 2.94. The number of carbonyl (C=O) groups excluding carboxylic acids is 1. The molecule has 4 aromatic rings. The summed E-state index contributed by atoms with van der Waals surface area (Å²) >= 11 is 0. The topological polar surface area (TPSA) is 101 Å². The van der Waals surface area contributed by atoms with Crippen molar-refractivity contribution in [2.24, 2.45) is 5.92 Å². The number of phenolic OH excluding ortho intramolecular Hbond substituents is 1. The second kappa shape index (κ2) is 9.96. The minimum atomic E-state index is -6.49. The van der Waals surface area contributed by atoms with E-state index in [0.717, 1.165) is 0 Å². The van der Waals surface area contributed by atoms with Gasteiger partial charge in [-0.3, -0.25) is 9.35 Å². The van der Waals surface area contributed by atoms with Crippen molar-refractivity contribution in [3.05, 3.63) is 113 Å². The molecule has 3 aliphatic rings. The molecule has 13 heteroatoms. The van der Waals surface area contributed by atoms with Crippen LogP contribution in [0.15, 0.2) is 84.9 Å². The highest BCUT2D eigenvalue weighted by molar-refractivity contribution is 7.85. The van der Waals surface area contributed by atoms with Crippen LogP contribution < -0.4 is 0 Å². The number of rotatable bonds is 5. The van der Waals surface area contributed by atoms with Gasteiger partial charge in [0.15, 0.2) is 0 Å². The van der Waals surface area contributed by atoms with Crippen LogP contribution in [0.5, 0.6) is 5.75 Å². The summed E-state index contributed by atoms with van der Waals surface area (Å²) in [6.45, 7) is 0. The minimum Gasteiger partial charge on any atom is -0.508 e. The van der Waals surface area contributed by atoms with Gasteiger partial charge in [0, 0.05) is 17.8 Å². The van der Waals surface area contributed by atoms with Crippen molar-refractivity contribution in [2.45, 2.75) is 35.7 Å². The van der Waals surface area contributed by atoms with E-state index < -0.39 is 63.5 Å². The molecule has 0 heterocycles. The van der Waals surface area contributed by atoms with Crippen molar-refractivity contribution in [1.29, 1.82) is 0 Å². The maximum atomic E-state index is 14.2. The number of hydrogen-bond acceptors (Lipinski definition) is 5. The molecule has 3 aliphatic carbocycles. The molecule has 2 N–H and O–H groups in total. The molecule has 44 heavy (non-hydrogen) atoms. The number of ether oxygens (including phenoxy) is 1. The van der Waals surface area contributed by atoms with E-state index >= 15 is 0 Å². The highest BCUT2D eigenvalue weighted by Crippen LogP contribution is 2.63. The summed E-state index contributed by atoms with van der Waals surface area (Å²) in [5, 5.41) is 12.4. The predicted octanol–water partition coefficient (Wildman–Crippen LogP) is 6.83. The van der Waals surface area contributed by atoms with E-state index in [-0.39, 0.29) is 11.3 Å². The van der Waals surface area contributed by atoms with Crippen LogP contribution in [0.4, 0.5) is 26.3 Å². The van der Waals surface area contributed by atoms with Gasteiger partial charge < -0.3 is 9.84 Å². The van der Waals surface area contributed by atoms with Crippen LogP contribution >= 0.6 is 0 Å². The van der Waals surface area contributed by atoms with Crippen LogP contribution in [0.2, 0.25) is 0 Å². The summed E-state index contributed by atoms with van der Waals surface area (Å²) in [7, 11) is -5.99. The Morgan fingerprint density at radius 1 is 0.705 bits per heavy atom. The Morgan fingerprint density at radius 2 is 1.14 bits per heavy atom. The summed E-state index contributed by atoms with van der Waals surface area (Å²) in [5.41, 5.74) is -3.23. The number of phenols is 1. The molecule has 0 saturated heterocycles. The monoisotopic (exact) mass is 636 g/mol. The van der Waals surface area contributed by atoms with E-state index in [1.807, 2.05) is 0 Å². The third-order valence-electron chi connectivity index (χ3n) is 8.54. The number of hydrogen-bond donors (Lipinski definition) is 2. The fourth-order valence-corrected chi connectivity index (χ4v) is 7.71. The van der Waals surface area contributed by atoms with Gasteiger partial charge in [0.1, 0.15) is 11.5 Å². The minimum absolute atomic E-state index is 0.0871. The van der Waals surface area contributed by atoms with Crippen LogP contribution in [0.25, 0.3) is 10.8 Å². The van der Waals surface area contributed by atoms with Gasteiger partial charge in [-0.05, 0) is 50.7 Å². The largest absolute Gasteiger partial charge is 0.508 e. The lowest BCUT2D eigenvalue weighted by molar-refractivity contribution is -0.362. The molecule has 0 aliphatic heterocycles. The van der Waals surface area contributed by atoms with Crippen LogP contribution in [0.3, 0.4) is 0 Å². The maximum Gasteiger partial charge on any atom is 0.438 e. The van der Waals surface area contributed by atoms with Gasteiger partial charge in [-0.25, -0.2) is 0 Å². The molecule has 2 bridgehead atoms. The SMILES string of the molecule is O=C(OC(CS(=O)(=O)O)(C(F)(F)F)C(F)(F)F)C1C2c3ccccc3C(c3ccccc32)C1c1cc2ccccc2cc1O. The number of esters is 1. The molecule has 7 rings (SSSR count). The lowest BCUT2D eigenvalue weighted by Crippen LogP contribution is -2.64. The molecular formula is C31H22F6O6S. The van der Waals surface area contributed by atoms with E-state index in [1.54, 1.807) is 72.8 Å². The van der Waals surface area contributed by atoms with E-state index in [9.17, 15) is 49.2 Å². The van der Waals surface area contributed by atoms with Crippen molar-refractivity contribution in [3.8, 4) is 5.75 Å². The average molecular weight is 637 g/mol. The van der Waals surface area contributed by atoms with Crippen LogP contribution in [0.1, 0.15) is 45.6 Å². The molecule has 230 valence electrons. The first-order valence-electron chi connectivity index (χ1n) is 13.2. The quantitative estimate of drug-likeness (QED) is 0.142. The molecule has 0 aromatic heterocycles. The van der Waals surface area contributed by atoms with Crippen LogP contribution in [-0.4, -0.2) is 47.8 Å². The molecule has 0 saturated carbocycles. The first kappa shape index (κ1) is 29.9. The van der Waals surface area contributed by atoms with E-state index in [4.69, 9.17) is 0 Å². The Bertz CT molecular complexity index is 1840. The molecule has 0 radical (unpaired) electrons. The molecular weight excluding hydrogens is 614 g/mol. The maximum absolute atomic E-state index is 14.2. The van der Waals surface area contributed by atoms with Gasteiger partial charge in [-0.2, -0.15) is 34.8 Å². The first-order chi connectivity index (χ1) is 20.5. The summed E-state index contributed by atoms with van der Waals surface area (Å²) in [6.07, 6.45) is -13.0. The summed E-state index contributed by atoms with van der Waals surface area (Å²) < 4.78 is 122. The van der Waals surface area contributed by atoms with Crippen molar-refractivity contribution in [3.63, 3.8) is 0 Å². The van der Waals surface area contributed by atoms with Gasteiger partial charge in [-0.1, -0.05) is 72.8 Å². The zero-order valence-electron chi connectivity index (χ0n) is 22.3. The van der Waals surface area contributed by atoms with Crippen LogP contribution in [0, 0.1) is 5.92 Å². The van der Waals surface area contributed by atoms with Crippen molar-refractivity contribution in [2.75, 3.05) is 5.75 Å². The third kappa shape index (κ3) is 4.60. The van der Waals surface area contributed by atoms with Crippen molar-refractivity contribution >= 4 is 26.9 Å². The molecule has 0 spiro atoms. The second-order valence-electron chi connectivity index (χ2n) is 11.0. The van der Waals surface area contributed by atoms with E-state index in [1.165, 1.54) is 12.1 Å². The fourth-order valence-electron chi connectivity index (χ4n) is 6.81. The highest BCUT2D eigenvalue weighted by Gasteiger charge is 2.76. The first-order valence-corrected chi connectivity index (χ1v) is 14.9. The molecule has 4 aromatic carbocycles. The fraction of sp³-hybridized carbons (Fsp3) is 0.258. The Kier molecular flexibility index (Phi) is 6.78.